The molecule has 1 unspecified atom stereocenters. The quantitative estimate of drug-likeness (QED) is 0.227. The highest BCUT2D eigenvalue weighted by atomic mass is 16.2. The summed E-state index contributed by atoms with van der Waals surface area (Å²) in [4.78, 5) is 82.5. The lowest BCUT2D eigenvalue weighted by Gasteiger charge is -2.38. The zero-order valence-electron chi connectivity index (χ0n) is 28.7. The molecule has 0 aromatic rings. The maximum Gasteiger partial charge on any atom is 0.316 e. The largest absolute Gasteiger partial charge is 0.363 e. The Morgan fingerprint density at radius 3 is 1.82 bits per heavy atom. The maximum atomic E-state index is 14.3. The molecule has 3 rings (SSSR count). The van der Waals surface area contributed by atoms with Gasteiger partial charge in [-0.05, 0) is 60.2 Å². The lowest BCUT2D eigenvalue weighted by atomic mass is 9.84. The molecule has 0 radical (unpaired) electrons. The van der Waals surface area contributed by atoms with Crippen molar-refractivity contribution in [1.29, 1.82) is 0 Å². The molecule has 12 nitrogen and oxygen atoms in total. The second-order valence-electron chi connectivity index (χ2n) is 16.0. The fourth-order valence-electron chi connectivity index (χ4n) is 6.21. The van der Waals surface area contributed by atoms with Crippen molar-refractivity contribution < 1.29 is 28.8 Å². The van der Waals surface area contributed by atoms with Gasteiger partial charge in [0.25, 0.3) is 5.91 Å². The zero-order valence-corrected chi connectivity index (χ0v) is 28.7. The summed E-state index contributed by atoms with van der Waals surface area (Å²) in [6, 6.07) is -4.42. The number of rotatable bonds is 13. The predicted octanol–water partition coefficient (Wildman–Crippen LogP) is 2.20. The molecule has 2 aliphatic carbocycles. The van der Waals surface area contributed by atoms with Crippen molar-refractivity contribution in [3.05, 3.63) is 0 Å². The Labute approximate surface area is 268 Å². The topological polar surface area (TPSA) is 171 Å². The van der Waals surface area contributed by atoms with Gasteiger partial charge in [-0.15, -0.1) is 0 Å². The summed E-state index contributed by atoms with van der Waals surface area (Å²) in [7, 11) is 1.75. The molecule has 5 N–H and O–H groups in total. The first-order valence-corrected chi connectivity index (χ1v) is 16.5. The molecule has 0 spiro atoms. The number of amides is 6. The van der Waals surface area contributed by atoms with E-state index in [0.29, 0.717) is 31.8 Å². The van der Waals surface area contributed by atoms with E-state index in [4.69, 9.17) is 5.73 Å². The molecule has 1 aliphatic heterocycles. The van der Waals surface area contributed by atoms with Gasteiger partial charge in [0.05, 0.1) is 6.04 Å². The molecule has 6 amide bonds. The Balaban J connectivity index is 1.81. The Kier molecular flexibility index (Phi) is 11.3. The maximum absolute atomic E-state index is 14.3. The smallest absolute Gasteiger partial charge is 0.316 e. The summed E-state index contributed by atoms with van der Waals surface area (Å²) >= 11 is 0. The van der Waals surface area contributed by atoms with Crippen molar-refractivity contribution in [3.63, 3.8) is 0 Å². The third-order valence-electron chi connectivity index (χ3n) is 9.38. The highest BCUT2D eigenvalue weighted by Crippen LogP contribution is 2.36. The Morgan fingerprint density at radius 2 is 1.36 bits per heavy atom. The van der Waals surface area contributed by atoms with Gasteiger partial charge in [0, 0.05) is 20.1 Å². The number of primary amides is 1. The van der Waals surface area contributed by atoms with Gasteiger partial charge in [-0.25, -0.2) is 4.79 Å². The number of likely N-dealkylation sites (tertiary alicyclic amines) is 1. The van der Waals surface area contributed by atoms with Crippen LogP contribution >= 0.6 is 0 Å². The Hall–Kier alpha value is -3.18. The van der Waals surface area contributed by atoms with E-state index in [2.05, 4.69) is 16.0 Å². The van der Waals surface area contributed by atoms with Crippen LogP contribution in [0.5, 0.6) is 0 Å². The fraction of sp³-hybridized carbons (Fsp3) is 0.818. The van der Waals surface area contributed by atoms with E-state index in [1.807, 2.05) is 55.4 Å². The van der Waals surface area contributed by atoms with Gasteiger partial charge in [-0.3, -0.25) is 24.0 Å². The van der Waals surface area contributed by atoms with Gasteiger partial charge < -0.3 is 31.5 Å². The van der Waals surface area contributed by atoms with Crippen molar-refractivity contribution in [2.45, 2.75) is 118 Å². The lowest BCUT2D eigenvalue weighted by Crippen LogP contribution is -2.63. The molecule has 0 aromatic carbocycles. The highest BCUT2D eigenvalue weighted by molar-refractivity contribution is 6.37. The average molecular weight is 633 g/mol. The summed E-state index contributed by atoms with van der Waals surface area (Å²) in [5.41, 5.74) is 3.96. The second-order valence-corrected chi connectivity index (χ2v) is 16.0. The van der Waals surface area contributed by atoms with Crippen molar-refractivity contribution >= 4 is 35.4 Å². The fourth-order valence-corrected chi connectivity index (χ4v) is 6.21. The third-order valence-corrected chi connectivity index (χ3v) is 9.38. The first-order valence-electron chi connectivity index (χ1n) is 16.5. The normalized spacial score (nSPS) is 22.3. The molecule has 2 saturated carbocycles. The van der Waals surface area contributed by atoms with Crippen LogP contribution in [0.3, 0.4) is 0 Å². The van der Waals surface area contributed by atoms with Crippen LogP contribution in [0.25, 0.3) is 0 Å². The molecular formula is C33H56N6O6. The molecule has 0 aromatic heterocycles. The lowest BCUT2D eigenvalue weighted by molar-refractivity contribution is -0.144. The minimum absolute atomic E-state index is 0.0443. The van der Waals surface area contributed by atoms with E-state index in [0.717, 1.165) is 25.7 Å². The number of hydrogen-bond donors (Lipinski definition) is 4. The Morgan fingerprint density at radius 1 is 0.822 bits per heavy atom. The molecule has 0 bridgehead atoms. The van der Waals surface area contributed by atoms with Crippen molar-refractivity contribution in [2.75, 3.05) is 20.1 Å². The molecule has 3 fully saturated rings. The number of urea groups is 1. The number of nitrogens with zero attached hydrogens (tertiary/aromatic N) is 2. The minimum atomic E-state index is -1.10. The van der Waals surface area contributed by atoms with Crippen molar-refractivity contribution in [3.8, 4) is 0 Å². The summed E-state index contributed by atoms with van der Waals surface area (Å²) in [5, 5.41) is 8.44. The standard InChI is InChI=1S/C33H56N6O6/c1-18(2)21-14-15-39(23(21)28(42)35-22(16-19-10-11-19)24(40)27(34)41)30(44)26(33(6,7)8)37-31(45)36-25(32(3,4)5)29(43)38(9)17-20-12-13-20/h18-23,25-26H,10-17H2,1-9H3,(H2,34,41)(H,35,42)(H2,36,37,45)/t21-,22?,23+,25-,26-/m1/s1. The van der Waals surface area contributed by atoms with Crippen LogP contribution in [0.1, 0.15) is 93.9 Å². The SMILES string of the molecule is CC(C)[C@H]1CCN(C(=O)[C@@H](NC(=O)N[C@H](C(=O)N(C)CC2CC2)C(C)(C)C)C(C)(C)C)[C@@H]1C(=O)NC(CC1CC1)C(=O)C(N)=O. The van der Waals surface area contributed by atoms with Crippen LogP contribution in [-0.2, 0) is 24.0 Å². The van der Waals surface area contributed by atoms with E-state index in [1.165, 1.54) is 4.90 Å². The van der Waals surface area contributed by atoms with Gasteiger partial charge in [-0.2, -0.15) is 0 Å². The highest BCUT2D eigenvalue weighted by Gasteiger charge is 2.48. The number of nitrogens with one attached hydrogen (secondary N) is 3. The van der Waals surface area contributed by atoms with E-state index in [1.54, 1.807) is 11.9 Å². The van der Waals surface area contributed by atoms with Crippen LogP contribution in [-0.4, -0.2) is 89.5 Å². The number of likely N-dealkylation sites (N-methyl/N-ethyl adjacent to an activating group) is 1. The number of carbonyl (C=O) groups excluding carboxylic acids is 6. The minimum Gasteiger partial charge on any atom is -0.363 e. The number of hydrogen-bond acceptors (Lipinski definition) is 6. The summed E-state index contributed by atoms with van der Waals surface area (Å²) in [6.45, 7) is 16.0. The van der Waals surface area contributed by atoms with Crippen LogP contribution in [0, 0.1) is 34.5 Å². The van der Waals surface area contributed by atoms with Gasteiger partial charge in [0.2, 0.25) is 23.5 Å². The third kappa shape index (κ3) is 9.66. The zero-order chi connectivity index (χ0) is 34.0. The summed E-state index contributed by atoms with van der Waals surface area (Å²) in [5.74, 6) is -2.48. The van der Waals surface area contributed by atoms with Crippen LogP contribution in [0.15, 0.2) is 0 Å². The second kappa shape index (κ2) is 14.1. The van der Waals surface area contributed by atoms with E-state index >= 15 is 0 Å². The van der Waals surface area contributed by atoms with Gasteiger partial charge >= 0.3 is 6.03 Å². The van der Waals surface area contributed by atoms with E-state index in [-0.39, 0.29) is 23.7 Å². The summed E-state index contributed by atoms with van der Waals surface area (Å²) < 4.78 is 0. The number of carbonyl (C=O) groups is 6. The van der Waals surface area contributed by atoms with Crippen molar-refractivity contribution in [2.24, 2.45) is 40.2 Å². The van der Waals surface area contributed by atoms with Gasteiger partial charge in [0.15, 0.2) is 0 Å². The first kappa shape index (κ1) is 36.3. The number of Topliss-reactive ketones (excluding diaryl/α,β-unsaturated/α-hetero) is 1. The molecule has 1 heterocycles. The van der Waals surface area contributed by atoms with Gasteiger partial charge in [-0.1, -0.05) is 68.2 Å². The van der Waals surface area contributed by atoms with Crippen LogP contribution in [0.4, 0.5) is 4.79 Å². The van der Waals surface area contributed by atoms with Crippen LogP contribution < -0.4 is 21.7 Å². The van der Waals surface area contributed by atoms with E-state index in [9.17, 15) is 28.8 Å². The first-order chi connectivity index (χ1) is 20.7. The van der Waals surface area contributed by atoms with Crippen LogP contribution in [0.2, 0.25) is 0 Å². The van der Waals surface area contributed by atoms with Crippen molar-refractivity contribution in [1.82, 2.24) is 25.8 Å². The molecule has 5 atom stereocenters. The predicted molar refractivity (Wildman–Crippen MR) is 170 cm³/mol. The molecule has 3 aliphatic rings. The molecular weight excluding hydrogens is 576 g/mol. The number of nitrogens with two attached hydrogens (primary N) is 1. The number of ketones is 1. The average Bonchev–Trinajstić information content (AvgIpc) is 3.86. The summed E-state index contributed by atoms with van der Waals surface area (Å²) in [6.07, 6.45) is 4.92. The van der Waals surface area contributed by atoms with Gasteiger partial charge in [0.1, 0.15) is 18.1 Å². The molecule has 1 saturated heterocycles. The molecule has 45 heavy (non-hydrogen) atoms. The van der Waals surface area contributed by atoms with E-state index < -0.39 is 64.5 Å². The molecule has 12 heteroatoms. The monoisotopic (exact) mass is 632 g/mol. The molecule has 254 valence electrons. The Bertz CT molecular complexity index is 1150.